The molecular weight excluding hydrogens is 394 g/mol. The van der Waals surface area contributed by atoms with Crippen molar-refractivity contribution in [2.75, 3.05) is 11.4 Å². The number of allylic oxidation sites excluding steroid dienone is 6. The number of anilines is 1. The molecule has 0 spiro atoms. The fourth-order valence-electron chi connectivity index (χ4n) is 4.73. The van der Waals surface area contributed by atoms with E-state index in [-0.39, 0.29) is 16.8 Å². The molecular formula is C28H25N3O. The summed E-state index contributed by atoms with van der Waals surface area (Å²) in [6.45, 7) is 7.46. The van der Waals surface area contributed by atoms with Crippen molar-refractivity contribution in [1.29, 1.82) is 10.5 Å². The molecule has 2 aromatic rings. The molecule has 0 unspecified atom stereocenters. The highest BCUT2D eigenvalue weighted by Crippen LogP contribution is 2.48. The number of hydrogen-bond acceptors (Lipinski definition) is 4. The largest absolute Gasteiger partial charge is 0.344 e. The van der Waals surface area contributed by atoms with Gasteiger partial charge in [0, 0.05) is 40.1 Å². The van der Waals surface area contributed by atoms with Crippen LogP contribution in [0.2, 0.25) is 0 Å². The van der Waals surface area contributed by atoms with Crippen LogP contribution in [0.25, 0.3) is 5.57 Å². The van der Waals surface area contributed by atoms with Crippen molar-refractivity contribution in [2.24, 2.45) is 0 Å². The SMILES string of the molecule is CCCCN1/C(=C\C=C2\C(=O)c3ccccc3C2=C(C#N)C#N)C(C)(C)c2ccccc21. The zero-order chi connectivity index (χ0) is 22.9. The second-order valence-corrected chi connectivity index (χ2v) is 8.63. The summed E-state index contributed by atoms with van der Waals surface area (Å²) in [5.74, 6) is -0.149. The summed E-state index contributed by atoms with van der Waals surface area (Å²) in [7, 11) is 0. The molecule has 0 N–H and O–H groups in total. The Hall–Kier alpha value is -3.89. The summed E-state index contributed by atoms with van der Waals surface area (Å²) in [6.07, 6.45) is 5.94. The minimum atomic E-state index is -0.229. The van der Waals surface area contributed by atoms with E-state index in [1.807, 2.05) is 24.3 Å². The first-order valence-corrected chi connectivity index (χ1v) is 10.9. The molecule has 1 aliphatic heterocycles. The van der Waals surface area contributed by atoms with Gasteiger partial charge >= 0.3 is 0 Å². The molecule has 4 nitrogen and oxygen atoms in total. The lowest BCUT2D eigenvalue weighted by molar-refractivity contribution is 0.104. The number of nitrogens with zero attached hydrogens (tertiary/aromatic N) is 3. The van der Waals surface area contributed by atoms with E-state index in [4.69, 9.17) is 0 Å². The Bertz CT molecular complexity index is 1260. The third-order valence-corrected chi connectivity index (χ3v) is 6.37. The molecule has 0 radical (unpaired) electrons. The van der Waals surface area contributed by atoms with Crippen LogP contribution < -0.4 is 4.90 Å². The maximum Gasteiger partial charge on any atom is 0.194 e. The van der Waals surface area contributed by atoms with Crippen LogP contribution in [0.5, 0.6) is 0 Å². The van der Waals surface area contributed by atoms with Crippen molar-refractivity contribution in [3.63, 3.8) is 0 Å². The number of rotatable bonds is 4. The van der Waals surface area contributed by atoms with E-state index in [1.165, 1.54) is 11.3 Å². The molecule has 0 fully saturated rings. The van der Waals surface area contributed by atoms with Crippen molar-refractivity contribution < 1.29 is 4.79 Å². The number of carbonyl (C=O) groups excluding carboxylic acids is 1. The van der Waals surface area contributed by atoms with Gasteiger partial charge in [0.05, 0.1) is 0 Å². The van der Waals surface area contributed by atoms with Crippen molar-refractivity contribution in [3.8, 4) is 12.1 Å². The lowest BCUT2D eigenvalue weighted by atomic mass is 9.83. The number of hydrogen-bond donors (Lipinski definition) is 0. The van der Waals surface area contributed by atoms with Gasteiger partial charge in [0.2, 0.25) is 0 Å². The molecule has 1 aliphatic carbocycles. The fraction of sp³-hybridized carbons (Fsp3) is 0.250. The summed E-state index contributed by atoms with van der Waals surface area (Å²) in [5.41, 5.74) is 5.31. The molecule has 0 saturated carbocycles. The molecule has 0 atom stereocenters. The Labute approximate surface area is 189 Å². The zero-order valence-corrected chi connectivity index (χ0v) is 18.6. The topological polar surface area (TPSA) is 67.9 Å². The third kappa shape index (κ3) is 3.26. The third-order valence-electron chi connectivity index (χ3n) is 6.37. The molecule has 4 rings (SSSR count). The smallest absolute Gasteiger partial charge is 0.194 e. The maximum atomic E-state index is 13.2. The van der Waals surface area contributed by atoms with Crippen LogP contribution in [0.1, 0.15) is 55.1 Å². The van der Waals surface area contributed by atoms with Gasteiger partial charge in [-0.2, -0.15) is 10.5 Å². The van der Waals surface area contributed by atoms with E-state index in [1.54, 1.807) is 24.3 Å². The number of nitriles is 2. The first-order chi connectivity index (χ1) is 15.5. The highest BCUT2D eigenvalue weighted by Gasteiger charge is 2.39. The number of Topliss-reactive ketones (excluding diaryl/α,β-unsaturated/α-hetero) is 1. The second kappa shape index (κ2) is 8.33. The highest BCUT2D eigenvalue weighted by molar-refractivity contribution is 6.27. The van der Waals surface area contributed by atoms with Gasteiger partial charge in [-0.05, 0) is 35.8 Å². The standard InChI is InChI=1S/C28H25N3O/c1-4-5-16-31-24-13-9-8-12-23(24)28(2,3)25(31)15-14-22-26(19(17-29)18-30)20-10-6-7-11-21(20)27(22)32/h6-15H,4-5,16H2,1-3H3/b22-14+,25-15-. The Morgan fingerprint density at radius 3 is 2.34 bits per heavy atom. The lowest BCUT2D eigenvalue weighted by Crippen LogP contribution is -2.27. The molecule has 4 heteroatoms. The molecule has 32 heavy (non-hydrogen) atoms. The van der Waals surface area contributed by atoms with E-state index < -0.39 is 0 Å². The number of fused-ring (bicyclic) bond motifs is 2. The predicted molar refractivity (Wildman–Crippen MR) is 127 cm³/mol. The zero-order valence-electron chi connectivity index (χ0n) is 18.6. The average Bonchev–Trinajstić information content (AvgIpc) is 3.20. The van der Waals surface area contributed by atoms with E-state index >= 15 is 0 Å². The van der Waals surface area contributed by atoms with Crippen LogP contribution in [0.3, 0.4) is 0 Å². The molecule has 158 valence electrons. The number of carbonyl (C=O) groups is 1. The van der Waals surface area contributed by atoms with Crippen LogP contribution >= 0.6 is 0 Å². The molecule has 2 aromatic carbocycles. The van der Waals surface area contributed by atoms with Gasteiger partial charge in [-0.25, -0.2) is 0 Å². The lowest BCUT2D eigenvalue weighted by Gasteiger charge is -2.27. The summed E-state index contributed by atoms with van der Waals surface area (Å²) in [6, 6.07) is 19.5. The van der Waals surface area contributed by atoms with E-state index in [9.17, 15) is 15.3 Å². The Morgan fingerprint density at radius 1 is 1.00 bits per heavy atom. The number of unbranched alkanes of at least 4 members (excludes halogenated alkanes) is 1. The van der Waals surface area contributed by atoms with Crippen LogP contribution in [0.4, 0.5) is 5.69 Å². The van der Waals surface area contributed by atoms with Crippen LogP contribution in [0, 0.1) is 22.7 Å². The molecule has 0 amide bonds. The van der Waals surface area contributed by atoms with Crippen LogP contribution in [-0.2, 0) is 5.41 Å². The summed E-state index contributed by atoms with van der Waals surface area (Å²) >= 11 is 0. The van der Waals surface area contributed by atoms with Gasteiger partial charge in [0.1, 0.15) is 17.7 Å². The normalized spacial score (nSPS) is 18.5. The summed E-state index contributed by atoms with van der Waals surface area (Å²) < 4.78 is 0. The quantitative estimate of drug-likeness (QED) is 0.444. The molecule has 2 aliphatic rings. The monoisotopic (exact) mass is 419 g/mol. The molecule has 0 bridgehead atoms. The van der Waals surface area contributed by atoms with Gasteiger partial charge in [0.25, 0.3) is 0 Å². The minimum Gasteiger partial charge on any atom is -0.344 e. The van der Waals surface area contributed by atoms with Crippen molar-refractivity contribution in [1.82, 2.24) is 0 Å². The molecule has 1 heterocycles. The predicted octanol–water partition coefficient (Wildman–Crippen LogP) is 6.09. The van der Waals surface area contributed by atoms with Crippen LogP contribution in [0.15, 0.2) is 77.5 Å². The second-order valence-electron chi connectivity index (χ2n) is 8.63. The van der Waals surface area contributed by atoms with E-state index in [0.717, 1.165) is 25.1 Å². The summed E-state index contributed by atoms with van der Waals surface area (Å²) in [5, 5.41) is 19.1. The van der Waals surface area contributed by atoms with Crippen molar-refractivity contribution in [3.05, 3.63) is 94.2 Å². The van der Waals surface area contributed by atoms with Crippen molar-refractivity contribution in [2.45, 2.75) is 39.0 Å². The highest BCUT2D eigenvalue weighted by atomic mass is 16.1. The average molecular weight is 420 g/mol. The minimum absolute atomic E-state index is 0.0373. The first-order valence-electron chi connectivity index (χ1n) is 10.9. The Balaban J connectivity index is 1.89. The van der Waals surface area contributed by atoms with Gasteiger partial charge < -0.3 is 4.90 Å². The Kier molecular flexibility index (Phi) is 5.56. The molecule has 0 aromatic heterocycles. The van der Waals surface area contributed by atoms with Gasteiger partial charge in [-0.15, -0.1) is 0 Å². The number of ketones is 1. The molecule has 0 saturated heterocycles. The van der Waals surface area contributed by atoms with E-state index in [2.05, 4.69) is 49.9 Å². The first kappa shape index (κ1) is 21.3. The summed E-state index contributed by atoms with van der Waals surface area (Å²) in [4.78, 5) is 15.6. The number of benzene rings is 2. The number of para-hydroxylation sites is 1. The van der Waals surface area contributed by atoms with Crippen molar-refractivity contribution >= 4 is 17.0 Å². The van der Waals surface area contributed by atoms with E-state index in [0.29, 0.717) is 22.3 Å². The maximum absolute atomic E-state index is 13.2. The van der Waals surface area contributed by atoms with Gasteiger partial charge in [-0.1, -0.05) is 69.7 Å². The fourth-order valence-corrected chi connectivity index (χ4v) is 4.73. The van der Waals surface area contributed by atoms with Gasteiger partial charge in [-0.3, -0.25) is 4.79 Å². The van der Waals surface area contributed by atoms with Crippen LogP contribution in [-0.4, -0.2) is 12.3 Å². The Morgan fingerprint density at radius 2 is 1.66 bits per heavy atom. The van der Waals surface area contributed by atoms with Gasteiger partial charge in [0.15, 0.2) is 5.78 Å².